The molecule has 6 nitrogen and oxygen atoms in total. The number of hydrogen-bond acceptors (Lipinski definition) is 5. The normalized spacial score (nSPS) is 13.4. The summed E-state index contributed by atoms with van der Waals surface area (Å²) in [7, 11) is 1.72. The van der Waals surface area contributed by atoms with Crippen LogP contribution in [0.1, 0.15) is 23.1 Å². The molecule has 3 N–H and O–H groups in total. The van der Waals surface area contributed by atoms with E-state index in [0.29, 0.717) is 17.9 Å². The van der Waals surface area contributed by atoms with Crippen LogP contribution < -0.4 is 11.3 Å². The number of halogens is 3. The first kappa shape index (κ1) is 14.4. The fourth-order valence-electron chi connectivity index (χ4n) is 1.72. The van der Waals surface area contributed by atoms with Crippen LogP contribution >= 0.6 is 0 Å². The van der Waals surface area contributed by atoms with E-state index in [9.17, 15) is 13.2 Å². The third-order valence-corrected chi connectivity index (χ3v) is 2.86. The Morgan fingerprint density at radius 2 is 2.10 bits per heavy atom. The minimum atomic E-state index is -4.40. The van der Waals surface area contributed by atoms with Crippen molar-refractivity contribution in [3.63, 3.8) is 0 Å². The number of rotatable bonds is 4. The van der Waals surface area contributed by atoms with Gasteiger partial charge in [-0.1, -0.05) is 0 Å². The van der Waals surface area contributed by atoms with Crippen molar-refractivity contribution in [2.24, 2.45) is 12.9 Å². The highest BCUT2D eigenvalue weighted by Crippen LogP contribution is 2.29. The number of nitrogens with one attached hydrogen (secondary N) is 1. The van der Waals surface area contributed by atoms with Crippen molar-refractivity contribution in [2.45, 2.75) is 18.6 Å². The molecule has 2 rings (SSSR count). The molecule has 108 valence electrons. The molecule has 1 unspecified atom stereocenters. The number of aryl methyl sites for hydroxylation is 1. The van der Waals surface area contributed by atoms with Gasteiger partial charge < -0.3 is 0 Å². The molecule has 0 aliphatic rings. The van der Waals surface area contributed by atoms with Gasteiger partial charge in [-0.3, -0.25) is 20.9 Å². The van der Waals surface area contributed by atoms with E-state index in [-0.39, 0.29) is 0 Å². The molecule has 20 heavy (non-hydrogen) atoms. The zero-order chi connectivity index (χ0) is 14.8. The number of pyridine rings is 1. The van der Waals surface area contributed by atoms with Gasteiger partial charge in [0.15, 0.2) is 0 Å². The van der Waals surface area contributed by atoms with Gasteiger partial charge in [0.25, 0.3) is 0 Å². The summed E-state index contributed by atoms with van der Waals surface area (Å²) in [4.78, 5) is 7.84. The van der Waals surface area contributed by atoms with Crippen LogP contribution in [0.15, 0.2) is 24.7 Å². The number of nitrogens with two attached hydrogens (primary N) is 1. The van der Waals surface area contributed by atoms with Crippen LogP contribution in [0.5, 0.6) is 0 Å². The average Bonchev–Trinajstić information content (AvgIpc) is 2.80. The quantitative estimate of drug-likeness (QED) is 0.646. The Kier molecular flexibility index (Phi) is 4.00. The largest absolute Gasteiger partial charge is 0.417 e. The van der Waals surface area contributed by atoms with E-state index in [1.54, 1.807) is 11.7 Å². The fourth-order valence-corrected chi connectivity index (χ4v) is 1.72. The molecule has 0 aliphatic heterocycles. The molecule has 0 saturated heterocycles. The third-order valence-electron chi connectivity index (χ3n) is 2.86. The van der Waals surface area contributed by atoms with Crippen molar-refractivity contribution in [1.82, 2.24) is 25.2 Å². The van der Waals surface area contributed by atoms with Gasteiger partial charge in [-0.15, -0.1) is 0 Å². The molecule has 0 aromatic carbocycles. The Morgan fingerprint density at radius 1 is 1.35 bits per heavy atom. The van der Waals surface area contributed by atoms with Gasteiger partial charge in [-0.25, -0.2) is 4.98 Å². The zero-order valence-corrected chi connectivity index (χ0v) is 10.6. The van der Waals surface area contributed by atoms with Crippen molar-refractivity contribution in [3.05, 3.63) is 41.7 Å². The van der Waals surface area contributed by atoms with E-state index in [0.717, 1.165) is 12.3 Å². The highest BCUT2D eigenvalue weighted by atomic mass is 19.4. The van der Waals surface area contributed by atoms with E-state index in [2.05, 4.69) is 20.5 Å². The van der Waals surface area contributed by atoms with Gasteiger partial charge in [0.1, 0.15) is 12.2 Å². The molecular formula is C11H13F3N6. The average molecular weight is 286 g/mol. The molecule has 0 spiro atoms. The summed E-state index contributed by atoms with van der Waals surface area (Å²) in [6, 6.07) is 1.83. The lowest BCUT2D eigenvalue weighted by molar-refractivity contribution is -0.137. The summed E-state index contributed by atoms with van der Waals surface area (Å²) in [5.74, 6) is 6.07. The number of hydrazine groups is 1. The van der Waals surface area contributed by atoms with Gasteiger partial charge in [0.05, 0.1) is 17.3 Å². The number of alkyl halides is 3. The topological polar surface area (TPSA) is 81.7 Å². The van der Waals surface area contributed by atoms with Crippen molar-refractivity contribution in [3.8, 4) is 0 Å². The molecule has 0 amide bonds. The van der Waals surface area contributed by atoms with Crippen LogP contribution in [0, 0.1) is 0 Å². The molecule has 0 saturated carbocycles. The molecule has 2 heterocycles. The minimum absolute atomic E-state index is 0.366. The van der Waals surface area contributed by atoms with Crippen LogP contribution in [-0.2, 0) is 19.6 Å². The van der Waals surface area contributed by atoms with Crippen LogP contribution in [0.3, 0.4) is 0 Å². The van der Waals surface area contributed by atoms with Crippen molar-refractivity contribution in [1.29, 1.82) is 0 Å². The maximum Gasteiger partial charge on any atom is 0.417 e. The third kappa shape index (κ3) is 3.11. The lowest BCUT2D eigenvalue weighted by Gasteiger charge is -2.15. The number of nitrogens with zero attached hydrogens (tertiary/aromatic N) is 4. The molecule has 1 atom stereocenters. The molecule has 0 radical (unpaired) electrons. The van der Waals surface area contributed by atoms with E-state index in [1.807, 2.05) is 0 Å². The van der Waals surface area contributed by atoms with Gasteiger partial charge in [-0.05, 0) is 12.1 Å². The Hall–Kier alpha value is -2.00. The zero-order valence-electron chi connectivity index (χ0n) is 10.6. The SMILES string of the molecule is Cn1ncnc1CC(NN)c1ccc(C(F)(F)F)cn1. The van der Waals surface area contributed by atoms with E-state index < -0.39 is 17.8 Å². The first-order valence-corrected chi connectivity index (χ1v) is 5.74. The Labute approximate surface area is 112 Å². The lowest BCUT2D eigenvalue weighted by atomic mass is 10.1. The summed E-state index contributed by atoms with van der Waals surface area (Å²) >= 11 is 0. The number of hydrogen-bond donors (Lipinski definition) is 2. The summed E-state index contributed by atoms with van der Waals surface area (Å²) in [6.07, 6.45) is -1.86. The second-order valence-electron chi connectivity index (χ2n) is 4.19. The molecular weight excluding hydrogens is 273 g/mol. The molecule has 0 fully saturated rings. The monoisotopic (exact) mass is 286 g/mol. The van der Waals surface area contributed by atoms with Gasteiger partial charge in [-0.2, -0.15) is 18.3 Å². The maximum atomic E-state index is 12.5. The lowest BCUT2D eigenvalue weighted by Crippen LogP contribution is -2.31. The van der Waals surface area contributed by atoms with E-state index in [4.69, 9.17) is 5.84 Å². The second kappa shape index (κ2) is 5.55. The summed E-state index contributed by atoms with van der Waals surface area (Å²) in [5, 5.41) is 3.91. The Morgan fingerprint density at radius 3 is 2.55 bits per heavy atom. The predicted octanol–water partition coefficient (Wildman–Crippen LogP) is 0.976. The summed E-state index contributed by atoms with van der Waals surface area (Å²) < 4.78 is 38.9. The minimum Gasteiger partial charge on any atom is -0.271 e. The van der Waals surface area contributed by atoms with Crippen LogP contribution in [0.4, 0.5) is 13.2 Å². The molecule has 0 aliphatic carbocycles. The van der Waals surface area contributed by atoms with Gasteiger partial charge in [0.2, 0.25) is 0 Å². The maximum absolute atomic E-state index is 12.5. The number of aromatic nitrogens is 4. The second-order valence-corrected chi connectivity index (χ2v) is 4.19. The summed E-state index contributed by atoms with van der Waals surface area (Å²) in [6.45, 7) is 0. The van der Waals surface area contributed by atoms with E-state index >= 15 is 0 Å². The smallest absolute Gasteiger partial charge is 0.271 e. The Balaban J connectivity index is 2.18. The fraction of sp³-hybridized carbons (Fsp3) is 0.364. The Bertz CT molecular complexity index is 562. The van der Waals surface area contributed by atoms with Crippen molar-refractivity contribution >= 4 is 0 Å². The highest BCUT2D eigenvalue weighted by Gasteiger charge is 2.31. The molecule has 2 aromatic heterocycles. The molecule has 9 heteroatoms. The van der Waals surface area contributed by atoms with Gasteiger partial charge >= 0.3 is 6.18 Å². The van der Waals surface area contributed by atoms with Crippen molar-refractivity contribution in [2.75, 3.05) is 0 Å². The van der Waals surface area contributed by atoms with E-state index in [1.165, 1.54) is 12.4 Å². The predicted molar refractivity (Wildman–Crippen MR) is 64.0 cm³/mol. The van der Waals surface area contributed by atoms with Crippen molar-refractivity contribution < 1.29 is 13.2 Å². The standard InChI is InChI=1S/C11H13F3N6/c1-20-10(17-6-18-20)4-9(19-15)8-3-2-7(5-16-8)11(12,13)14/h2-3,5-6,9,19H,4,15H2,1H3. The first-order chi connectivity index (χ1) is 9.41. The van der Waals surface area contributed by atoms with Crippen LogP contribution in [-0.4, -0.2) is 19.7 Å². The molecule has 2 aromatic rings. The highest BCUT2D eigenvalue weighted by molar-refractivity contribution is 5.19. The molecule has 0 bridgehead atoms. The van der Waals surface area contributed by atoms with Gasteiger partial charge in [0, 0.05) is 19.7 Å². The summed E-state index contributed by atoms with van der Waals surface area (Å²) in [5.41, 5.74) is 2.13. The van der Waals surface area contributed by atoms with Crippen LogP contribution in [0.2, 0.25) is 0 Å². The van der Waals surface area contributed by atoms with Crippen LogP contribution in [0.25, 0.3) is 0 Å². The first-order valence-electron chi connectivity index (χ1n) is 5.74.